The topological polar surface area (TPSA) is 25.1 Å². The summed E-state index contributed by atoms with van der Waals surface area (Å²) in [5.41, 5.74) is 0.250. The first-order chi connectivity index (χ1) is 4.51. The molecule has 0 N–H and O–H groups in total. The highest BCUT2D eigenvalue weighted by Gasteiger charge is 2.32. The molecule has 2 saturated heterocycles. The smallest absolute Gasteiger partial charge is 0.0860 e. The van der Waals surface area contributed by atoms with Crippen LogP contribution in [0.2, 0.25) is 0 Å². The van der Waals surface area contributed by atoms with Gasteiger partial charge in [-0.25, -0.2) is 0 Å². The highest BCUT2D eigenvalue weighted by atomic mass is 16.6. The number of ether oxygens (including phenoxy) is 2. The fraction of sp³-hybridized carbons (Fsp3) is 1.00. The van der Waals surface area contributed by atoms with Gasteiger partial charge in [-0.1, -0.05) is 0 Å². The van der Waals surface area contributed by atoms with Crippen LogP contribution < -0.4 is 0 Å². The maximum atomic E-state index is 4.92. The van der Waals surface area contributed by atoms with Gasteiger partial charge in [0.25, 0.3) is 0 Å². The van der Waals surface area contributed by atoms with E-state index in [4.69, 9.17) is 9.47 Å². The Labute approximate surface area is 62.5 Å². The van der Waals surface area contributed by atoms with Crippen molar-refractivity contribution in [3.05, 3.63) is 0 Å². The van der Waals surface area contributed by atoms with Crippen molar-refractivity contribution in [2.45, 2.75) is 45.5 Å². The molecule has 2 unspecified atom stereocenters. The van der Waals surface area contributed by atoms with Crippen molar-refractivity contribution in [3.8, 4) is 0 Å². The molecular formula is C8H16O2. The fourth-order valence-electron chi connectivity index (χ4n) is 0.438. The zero-order valence-corrected chi connectivity index (χ0v) is 7.18. The molecule has 0 aromatic rings. The maximum absolute atomic E-state index is 4.92. The Balaban J connectivity index is 0.0000001000. The Morgan fingerprint density at radius 1 is 1.20 bits per heavy atom. The van der Waals surface area contributed by atoms with E-state index >= 15 is 0 Å². The first-order valence-electron chi connectivity index (χ1n) is 3.81. The molecule has 2 aliphatic rings. The van der Waals surface area contributed by atoms with Crippen LogP contribution in [0.15, 0.2) is 0 Å². The molecule has 0 amide bonds. The molecule has 10 heavy (non-hydrogen) atoms. The Morgan fingerprint density at radius 3 is 1.40 bits per heavy atom. The van der Waals surface area contributed by atoms with Gasteiger partial charge in [0, 0.05) is 0 Å². The Kier molecular flexibility index (Phi) is 2.02. The largest absolute Gasteiger partial charge is 0.370 e. The van der Waals surface area contributed by atoms with Gasteiger partial charge in [0.05, 0.1) is 24.4 Å². The van der Waals surface area contributed by atoms with Crippen LogP contribution >= 0.6 is 0 Å². The average Bonchev–Trinajstić information content (AvgIpc) is 2.60. The molecule has 2 rings (SSSR count). The van der Waals surface area contributed by atoms with Gasteiger partial charge in [0.1, 0.15) is 0 Å². The number of hydrogen-bond donors (Lipinski definition) is 0. The van der Waals surface area contributed by atoms with Crippen molar-refractivity contribution < 1.29 is 9.47 Å². The van der Waals surface area contributed by atoms with Crippen LogP contribution in [-0.4, -0.2) is 24.4 Å². The van der Waals surface area contributed by atoms with Crippen LogP contribution in [0.5, 0.6) is 0 Å². The Hall–Kier alpha value is -0.0800. The second-order valence-corrected chi connectivity index (χ2v) is 3.59. The maximum Gasteiger partial charge on any atom is 0.0860 e. The van der Waals surface area contributed by atoms with Crippen molar-refractivity contribution in [3.63, 3.8) is 0 Å². The van der Waals surface area contributed by atoms with Crippen LogP contribution in [0.25, 0.3) is 0 Å². The minimum atomic E-state index is 0.250. The molecule has 2 aliphatic heterocycles. The van der Waals surface area contributed by atoms with Crippen LogP contribution in [0, 0.1) is 0 Å². The van der Waals surface area contributed by atoms with Gasteiger partial charge in [-0.3, -0.25) is 0 Å². The van der Waals surface area contributed by atoms with Gasteiger partial charge < -0.3 is 9.47 Å². The highest BCUT2D eigenvalue weighted by Crippen LogP contribution is 2.23. The SMILES string of the molecule is CC1(C)CO1.CC1OC1C. The quantitative estimate of drug-likeness (QED) is 0.482. The summed E-state index contributed by atoms with van der Waals surface area (Å²) >= 11 is 0. The molecular weight excluding hydrogens is 128 g/mol. The van der Waals surface area contributed by atoms with Crippen LogP contribution in [-0.2, 0) is 9.47 Å². The second-order valence-electron chi connectivity index (χ2n) is 3.59. The standard InChI is InChI=1S/2C4H8O/c1-4(2)3-5-4;1-3-4(2)5-3/h3H2,1-2H3;3-4H,1-2H3. The lowest BCUT2D eigenvalue weighted by Crippen LogP contribution is -1.90. The van der Waals surface area contributed by atoms with Gasteiger partial charge in [-0.2, -0.15) is 0 Å². The van der Waals surface area contributed by atoms with E-state index in [-0.39, 0.29) is 5.60 Å². The van der Waals surface area contributed by atoms with E-state index in [0.717, 1.165) is 6.61 Å². The second kappa shape index (κ2) is 2.51. The monoisotopic (exact) mass is 144 g/mol. The molecule has 0 aromatic heterocycles. The zero-order chi connectivity index (χ0) is 7.78. The molecule has 0 bridgehead atoms. The molecule has 2 fully saturated rings. The normalized spacial score (nSPS) is 39.6. The van der Waals surface area contributed by atoms with Crippen molar-refractivity contribution in [1.82, 2.24) is 0 Å². The lowest BCUT2D eigenvalue weighted by Gasteiger charge is -1.81. The van der Waals surface area contributed by atoms with E-state index in [1.54, 1.807) is 0 Å². The van der Waals surface area contributed by atoms with E-state index in [2.05, 4.69) is 27.7 Å². The Morgan fingerprint density at radius 2 is 1.40 bits per heavy atom. The summed E-state index contributed by atoms with van der Waals surface area (Å²) in [7, 11) is 0. The molecule has 0 radical (unpaired) electrons. The van der Waals surface area contributed by atoms with E-state index in [1.807, 2.05) is 0 Å². The summed E-state index contributed by atoms with van der Waals surface area (Å²) in [6, 6.07) is 0. The fourth-order valence-corrected chi connectivity index (χ4v) is 0.438. The minimum Gasteiger partial charge on any atom is -0.370 e. The zero-order valence-electron chi connectivity index (χ0n) is 7.18. The highest BCUT2D eigenvalue weighted by molar-refractivity contribution is 4.79. The van der Waals surface area contributed by atoms with Crippen LogP contribution in [0.1, 0.15) is 27.7 Å². The third-order valence-electron chi connectivity index (χ3n) is 1.74. The lowest BCUT2D eigenvalue weighted by molar-refractivity contribution is 0.344. The van der Waals surface area contributed by atoms with Crippen molar-refractivity contribution >= 4 is 0 Å². The molecule has 2 heteroatoms. The predicted octanol–water partition coefficient (Wildman–Crippen LogP) is 1.59. The predicted molar refractivity (Wildman–Crippen MR) is 40.0 cm³/mol. The average molecular weight is 144 g/mol. The molecule has 60 valence electrons. The van der Waals surface area contributed by atoms with Crippen LogP contribution in [0.4, 0.5) is 0 Å². The molecule has 0 spiro atoms. The summed E-state index contributed by atoms with van der Waals surface area (Å²) in [6.07, 6.45) is 1.10. The van der Waals surface area contributed by atoms with Gasteiger partial charge in [0.15, 0.2) is 0 Å². The first-order valence-corrected chi connectivity index (χ1v) is 3.81. The summed E-state index contributed by atoms with van der Waals surface area (Å²) in [4.78, 5) is 0. The van der Waals surface area contributed by atoms with E-state index in [9.17, 15) is 0 Å². The first kappa shape index (κ1) is 8.02. The molecule has 0 saturated carbocycles. The van der Waals surface area contributed by atoms with Gasteiger partial charge in [0.2, 0.25) is 0 Å². The van der Waals surface area contributed by atoms with Crippen molar-refractivity contribution in [2.75, 3.05) is 6.61 Å². The number of rotatable bonds is 0. The van der Waals surface area contributed by atoms with Crippen LogP contribution in [0.3, 0.4) is 0 Å². The van der Waals surface area contributed by atoms with Gasteiger partial charge >= 0.3 is 0 Å². The Bertz CT molecular complexity index is 108. The van der Waals surface area contributed by atoms with Crippen molar-refractivity contribution in [2.24, 2.45) is 0 Å². The molecule has 2 nitrogen and oxygen atoms in total. The lowest BCUT2D eigenvalue weighted by atomic mass is 10.3. The number of hydrogen-bond acceptors (Lipinski definition) is 2. The van der Waals surface area contributed by atoms with Gasteiger partial charge in [-0.15, -0.1) is 0 Å². The third-order valence-corrected chi connectivity index (χ3v) is 1.74. The molecule has 2 heterocycles. The van der Waals surface area contributed by atoms with E-state index in [0.29, 0.717) is 12.2 Å². The summed E-state index contributed by atoms with van der Waals surface area (Å²) < 4.78 is 9.81. The molecule has 0 aromatic carbocycles. The van der Waals surface area contributed by atoms with Gasteiger partial charge in [-0.05, 0) is 27.7 Å². The number of epoxide rings is 2. The molecule has 2 atom stereocenters. The molecule has 0 aliphatic carbocycles. The summed E-state index contributed by atoms with van der Waals surface area (Å²) in [5, 5.41) is 0. The summed E-state index contributed by atoms with van der Waals surface area (Å²) in [5.74, 6) is 0. The van der Waals surface area contributed by atoms with E-state index < -0.39 is 0 Å². The minimum absolute atomic E-state index is 0.250. The van der Waals surface area contributed by atoms with E-state index in [1.165, 1.54) is 0 Å². The third kappa shape index (κ3) is 3.18. The van der Waals surface area contributed by atoms with Crippen molar-refractivity contribution in [1.29, 1.82) is 0 Å². The summed E-state index contributed by atoms with van der Waals surface area (Å²) in [6.45, 7) is 9.25.